The van der Waals surface area contributed by atoms with Crippen LogP contribution in [0.5, 0.6) is 0 Å². The average Bonchev–Trinajstić information content (AvgIpc) is 2.11. The lowest BCUT2D eigenvalue weighted by Gasteiger charge is -2.14. The van der Waals surface area contributed by atoms with Gasteiger partial charge in [-0.25, -0.2) is 4.39 Å². The van der Waals surface area contributed by atoms with Crippen molar-refractivity contribution in [2.24, 2.45) is 5.92 Å². The molecule has 1 rings (SSSR count). The molecule has 0 aromatic heterocycles. The van der Waals surface area contributed by atoms with Crippen molar-refractivity contribution in [1.82, 2.24) is 0 Å². The molecule has 14 heavy (non-hydrogen) atoms. The van der Waals surface area contributed by atoms with Crippen molar-refractivity contribution in [2.75, 3.05) is 0 Å². The van der Waals surface area contributed by atoms with Gasteiger partial charge in [-0.15, -0.1) is 0 Å². The molecule has 1 aromatic rings. The van der Waals surface area contributed by atoms with Crippen LogP contribution in [0.15, 0.2) is 18.2 Å². The number of halogens is 2. The van der Waals surface area contributed by atoms with Crippen molar-refractivity contribution in [3.05, 3.63) is 34.6 Å². The van der Waals surface area contributed by atoms with Gasteiger partial charge in [-0.2, -0.15) is 0 Å². The second-order valence-corrected chi connectivity index (χ2v) is 4.08. The summed E-state index contributed by atoms with van der Waals surface area (Å²) in [5.74, 6) is -0.253. The highest BCUT2D eigenvalue weighted by Gasteiger charge is 2.10. The van der Waals surface area contributed by atoms with E-state index in [2.05, 4.69) is 0 Å². The van der Waals surface area contributed by atoms with Crippen LogP contribution in [0, 0.1) is 11.7 Å². The third-order valence-corrected chi connectivity index (χ3v) is 2.65. The van der Waals surface area contributed by atoms with E-state index in [9.17, 15) is 9.50 Å². The number of aliphatic hydroxyl groups excluding tert-OH is 1. The lowest BCUT2D eigenvalue weighted by Crippen LogP contribution is -2.15. The smallest absolute Gasteiger partial charge is 0.141 e. The fraction of sp³-hybridized carbons (Fsp3) is 0.455. The molecule has 0 aliphatic carbocycles. The van der Waals surface area contributed by atoms with E-state index in [4.69, 9.17) is 11.6 Å². The van der Waals surface area contributed by atoms with Gasteiger partial charge in [0, 0.05) is 0 Å². The normalized spacial score (nSPS) is 15.2. The minimum atomic E-state index is -0.403. The molecule has 78 valence electrons. The largest absolute Gasteiger partial charge is 0.393 e. The van der Waals surface area contributed by atoms with E-state index in [1.165, 1.54) is 6.07 Å². The van der Waals surface area contributed by atoms with Crippen LogP contribution in [0.2, 0.25) is 5.02 Å². The van der Waals surface area contributed by atoms with Gasteiger partial charge in [-0.3, -0.25) is 0 Å². The first-order chi connectivity index (χ1) is 6.50. The van der Waals surface area contributed by atoms with Crippen LogP contribution in [0.4, 0.5) is 4.39 Å². The molecule has 2 unspecified atom stereocenters. The third kappa shape index (κ3) is 2.96. The molecule has 0 spiro atoms. The second kappa shape index (κ2) is 4.76. The minimum absolute atomic E-state index is 0.139. The molecule has 1 aromatic carbocycles. The summed E-state index contributed by atoms with van der Waals surface area (Å²) in [5, 5.41) is 9.44. The summed E-state index contributed by atoms with van der Waals surface area (Å²) in [6, 6.07) is 4.66. The van der Waals surface area contributed by atoms with Gasteiger partial charge < -0.3 is 5.11 Å². The van der Waals surface area contributed by atoms with E-state index < -0.39 is 5.82 Å². The summed E-state index contributed by atoms with van der Waals surface area (Å²) >= 11 is 5.64. The Morgan fingerprint density at radius 3 is 2.57 bits per heavy atom. The summed E-state index contributed by atoms with van der Waals surface area (Å²) in [6.45, 7) is 3.69. The highest BCUT2D eigenvalue weighted by atomic mass is 35.5. The minimum Gasteiger partial charge on any atom is -0.393 e. The highest BCUT2D eigenvalue weighted by Crippen LogP contribution is 2.19. The van der Waals surface area contributed by atoms with E-state index in [0.29, 0.717) is 6.42 Å². The van der Waals surface area contributed by atoms with E-state index >= 15 is 0 Å². The quantitative estimate of drug-likeness (QED) is 0.824. The van der Waals surface area contributed by atoms with E-state index in [0.717, 1.165) is 5.56 Å². The Bertz CT molecular complexity index is 312. The van der Waals surface area contributed by atoms with Crippen molar-refractivity contribution in [3.8, 4) is 0 Å². The number of benzene rings is 1. The summed E-state index contributed by atoms with van der Waals surface area (Å²) in [4.78, 5) is 0. The van der Waals surface area contributed by atoms with Crippen LogP contribution in [0.25, 0.3) is 0 Å². The average molecular weight is 217 g/mol. The SMILES string of the molecule is CC(O)C(C)Cc1ccc(F)c(Cl)c1. The molecule has 0 amide bonds. The summed E-state index contributed by atoms with van der Waals surface area (Å²) in [7, 11) is 0. The molecule has 1 N–H and O–H groups in total. The molecule has 0 saturated heterocycles. The van der Waals surface area contributed by atoms with Crippen molar-refractivity contribution in [1.29, 1.82) is 0 Å². The molecule has 3 heteroatoms. The van der Waals surface area contributed by atoms with E-state index in [-0.39, 0.29) is 17.0 Å². The predicted octanol–water partition coefficient (Wildman–Crippen LogP) is 3.04. The molecule has 0 fully saturated rings. The summed E-state index contributed by atoms with van der Waals surface area (Å²) < 4.78 is 12.8. The van der Waals surface area contributed by atoms with Crippen molar-refractivity contribution < 1.29 is 9.50 Å². The summed E-state index contributed by atoms with van der Waals surface area (Å²) in [6.07, 6.45) is 0.344. The van der Waals surface area contributed by atoms with Gasteiger partial charge in [0.2, 0.25) is 0 Å². The Morgan fingerprint density at radius 2 is 2.07 bits per heavy atom. The van der Waals surface area contributed by atoms with Crippen molar-refractivity contribution >= 4 is 11.6 Å². The first kappa shape index (κ1) is 11.5. The maximum atomic E-state index is 12.8. The monoisotopic (exact) mass is 216 g/mol. The van der Waals surface area contributed by atoms with Gasteiger partial charge in [-0.1, -0.05) is 24.6 Å². The van der Waals surface area contributed by atoms with Crippen molar-refractivity contribution in [2.45, 2.75) is 26.4 Å². The van der Waals surface area contributed by atoms with Gasteiger partial charge in [0.1, 0.15) is 5.82 Å². The predicted molar refractivity (Wildman–Crippen MR) is 56.0 cm³/mol. The number of aliphatic hydroxyl groups is 1. The van der Waals surface area contributed by atoms with Crippen LogP contribution < -0.4 is 0 Å². The lowest BCUT2D eigenvalue weighted by atomic mass is 9.97. The third-order valence-electron chi connectivity index (χ3n) is 2.37. The second-order valence-electron chi connectivity index (χ2n) is 3.67. The fourth-order valence-electron chi connectivity index (χ4n) is 1.21. The molecular weight excluding hydrogens is 203 g/mol. The van der Waals surface area contributed by atoms with Crippen LogP contribution in [0.1, 0.15) is 19.4 Å². The molecule has 0 heterocycles. The van der Waals surface area contributed by atoms with Crippen LogP contribution in [0.3, 0.4) is 0 Å². The van der Waals surface area contributed by atoms with Gasteiger partial charge in [0.05, 0.1) is 11.1 Å². The van der Waals surface area contributed by atoms with Crippen LogP contribution in [-0.2, 0) is 6.42 Å². The summed E-state index contributed by atoms with van der Waals surface area (Å²) in [5.41, 5.74) is 0.949. The van der Waals surface area contributed by atoms with Gasteiger partial charge in [0.15, 0.2) is 0 Å². The Morgan fingerprint density at radius 1 is 1.43 bits per heavy atom. The number of hydrogen-bond acceptors (Lipinski definition) is 1. The Labute approximate surface area is 88.5 Å². The number of rotatable bonds is 3. The maximum absolute atomic E-state index is 12.8. The molecule has 1 nitrogen and oxygen atoms in total. The first-order valence-electron chi connectivity index (χ1n) is 4.62. The zero-order valence-corrected chi connectivity index (χ0v) is 9.05. The molecule has 0 radical (unpaired) electrons. The van der Waals surface area contributed by atoms with Gasteiger partial charge in [0.25, 0.3) is 0 Å². The Hall–Kier alpha value is -0.600. The highest BCUT2D eigenvalue weighted by molar-refractivity contribution is 6.30. The number of hydrogen-bond donors (Lipinski definition) is 1. The molecule has 0 aliphatic heterocycles. The molecular formula is C11H14ClFO. The lowest BCUT2D eigenvalue weighted by molar-refractivity contribution is 0.135. The van der Waals surface area contributed by atoms with Crippen LogP contribution in [-0.4, -0.2) is 11.2 Å². The van der Waals surface area contributed by atoms with Crippen LogP contribution >= 0.6 is 11.6 Å². The zero-order chi connectivity index (χ0) is 10.7. The van der Waals surface area contributed by atoms with Gasteiger partial charge >= 0.3 is 0 Å². The molecule has 0 aliphatic rings. The topological polar surface area (TPSA) is 20.2 Å². The standard InChI is InChI=1S/C11H14ClFO/c1-7(8(2)14)5-9-3-4-11(13)10(12)6-9/h3-4,6-8,14H,5H2,1-2H3. The zero-order valence-electron chi connectivity index (χ0n) is 8.30. The first-order valence-corrected chi connectivity index (χ1v) is 5.00. The molecule has 2 atom stereocenters. The maximum Gasteiger partial charge on any atom is 0.141 e. The molecule has 0 saturated carbocycles. The fourth-order valence-corrected chi connectivity index (χ4v) is 1.41. The van der Waals surface area contributed by atoms with Crippen molar-refractivity contribution in [3.63, 3.8) is 0 Å². The molecule has 0 bridgehead atoms. The van der Waals surface area contributed by atoms with E-state index in [1.807, 2.05) is 6.92 Å². The van der Waals surface area contributed by atoms with Gasteiger partial charge in [-0.05, 0) is 37.0 Å². The van der Waals surface area contributed by atoms with E-state index in [1.54, 1.807) is 19.1 Å². The Balaban J connectivity index is 2.73. The Kier molecular flexibility index (Phi) is 3.90.